The molecule has 0 aromatic carbocycles. The molecule has 1 heterocycles. The summed E-state index contributed by atoms with van der Waals surface area (Å²) >= 11 is 2.09. The first-order valence-electron chi connectivity index (χ1n) is 8.19. The highest BCUT2D eigenvalue weighted by molar-refractivity contribution is 7.99. The topological polar surface area (TPSA) is 39.7 Å². The first-order valence-corrected chi connectivity index (χ1v) is 9.34. The van der Waals surface area contributed by atoms with Crippen molar-refractivity contribution in [3.63, 3.8) is 0 Å². The van der Waals surface area contributed by atoms with E-state index >= 15 is 0 Å². The molecule has 1 aliphatic carbocycles. The van der Waals surface area contributed by atoms with Crippen molar-refractivity contribution in [2.45, 2.75) is 37.6 Å². The lowest BCUT2D eigenvalue weighted by Crippen LogP contribution is -2.59. The van der Waals surface area contributed by atoms with Gasteiger partial charge in [0.05, 0.1) is 0 Å². The van der Waals surface area contributed by atoms with E-state index in [0.29, 0.717) is 5.54 Å². The fourth-order valence-electron chi connectivity index (χ4n) is 3.49. The molecule has 1 saturated heterocycles. The lowest BCUT2D eigenvalue weighted by molar-refractivity contribution is 0.0626. The summed E-state index contributed by atoms with van der Waals surface area (Å²) in [6, 6.07) is 0. The maximum Gasteiger partial charge on any atom is 0.191 e. The van der Waals surface area contributed by atoms with Crippen molar-refractivity contribution < 1.29 is 0 Å². The van der Waals surface area contributed by atoms with Crippen molar-refractivity contribution in [1.29, 1.82) is 0 Å². The predicted molar refractivity (Wildman–Crippen MR) is 94.3 cm³/mol. The van der Waals surface area contributed by atoms with E-state index in [1.54, 1.807) is 0 Å². The number of rotatable bonds is 5. The van der Waals surface area contributed by atoms with Crippen LogP contribution < -0.4 is 10.6 Å². The maximum absolute atomic E-state index is 4.31. The Morgan fingerprint density at radius 2 is 1.95 bits per heavy atom. The van der Waals surface area contributed by atoms with Crippen LogP contribution >= 0.6 is 11.8 Å². The van der Waals surface area contributed by atoms with Crippen LogP contribution in [0.2, 0.25) is 0 Å². The van der Waals surface area contributed by atoms with Crippen LogP contribution in [0.4, 0.5) is 0 Å². The highest BCUT2D eigenvalue weighted by atomic mass is 32.2. The molecule has 0 spiro atoms. The molecular weight excluding hydrogens is 280 g/mol. The highest BCUT2D eigenvalue weighted by Crippen LogP contribution is 2.34. The molecule has 5 heteroatoms. The van der Waals surface area contributed by atoms with Crippen LogP contribution in [0.15, 0.2) is 17.6 Å². The van der Waals surface area contributed by atoms with Gasteiger partial charge >= 0.3 is 0 Å². The van der Waals surface area contributed by atoms with E-state index in [4.69, 9.17) is 0 Å². The summed E-state index contributed by atoms with van der Waals surface area (Å²) in [5.41, 5.74) is 0.338. The van der Waals surface area contributed by atoms with E-state index in [9.17, 15) is 0 Å². The minimum absolute atomic E-state index is 0.338. The van der Waals surface area contributed by atoms with Crippen LogP contribution in [0, 0.1) is 0 Å². The normalized spacial score (nSPS) is 23.6. The molecule has 0 radical (unpaired) electrons. The molecule has 120 valence electrons. The Bertz CT molecular complexity index is 344. The molecular formula is C16H30N4S. The number of hydrogen-bond donors (Lipinski definition) is 2. The van der Waals surface area contributed by atoms with Crippen molar-refractivity contribution in [1.82, 2.24) is 15.5 Å². The lowest BCUT2D eigenvalue weighted by atomic mass is 9.80. The van der Waals surface area contributed by atoms with Gasteiger partial charge in [0.1, 0.15) is 0 Å². The molecule has 2 fully saturated rings. The fourth-order valence-corrected chi connectivity index (χ4v) is 4.39. The van der Waals surface area contributed by atoms with E-state index in [2.05, 4.69) is 38.9 Å². The summed E-state index contributed by atoms with van der Waals surface area (Å²) in [7, 11) is 1.84. The molecule has 2 rings (SSSR count). The molecule has 2 N–H and O–H groups in total. The number of thioether (sulfide) groups is 1. The monoisotopic (exact) mass is 310 g/mol. The first-order chi connectivity index (χ1) is 10.3. The maximum atomic E-state index is 4.31. The Kier molecular flexibility index (Phi) is 6.90. The summed E-state index contributed by atoms with van der Waals surface area (Å²) in [6.45, 7) is 8.00. The Morgan fingerprint density at radius 1 is 1.24 bits per heavy atom. The van der Waals surface area contributed by atoms with Gasteiger partial charge in [0.2, 0.25) is 0 Å². The van der Waals surface area contributed by atoms with Crippen LogP contribution in [-0.2, 0) is 0 Å². The zero-order valence-electron chi connectivity index (χ0n) is 13.4. The standard InChI is InChI=1S/C16H30N4S/c1-3-9-18-15(17-2)19-14-16(7-5-4-6-8-16)20-10-12-21-13-11-20/h3H,1,4-14H2,2H3,(H2,17,18,19). The van der Waals surface area contributed by atoms with E-state index in [1.165, 1.54) is 56.7 Å². The zero-order chi connectivity index (χ0) is 15.0. The van der Waals surface area contributed by atoms with Gasteiger partial charge in [-0.05, 0) is 12.8 Å². The van der Waals surface area contributed by atoms with Gasteiger partial charge in [0.25, 0.3) is 0 Å². The average molecular weight is 311 g/mol. The van der Waals surface area contributed by atoms with E-state index in [0.717, 1.165) is 19.0 Å². The van der Waals surface area contributed by atoms with Gasteiger partial charge in [-0.2, -0.15) is 11.8 Å². The third-order valence-electron chi connectivity index (χ3n) is 4.69. The molecule has 0 unspecified atom stereocenters. The highest BCUT2D eigenvalue weighted by Gasteiger charge is 2.38. The van der Waals surface area contributed by atoms with E-state index in [-0.39, 0.29) is 0 Å². The molecule has 2 aliphatic rings. The number of hydrogen-bond acceptors (Lipinski definition) is 3. The Balaban J connectivity index is 1.96. The van der Waals surface area contributed by atoms with Gasteiger partial charge in [0, 0.05) is 50.3 Å². The SMILES string of the molecule is C=CCNC(=NC)NCC1(N2CCSCC2)CCCCC1. The fraction of sp³-hybridized carbons (Fsp3) is 0.812. The van der Waals surface area contributed by atoms with Crippen molar-refractivity contribution in [3.05, 3.63) is 12.7 Å². The van der Waals surface area contributed by atoms with Gasteiger partial charge in [-0.15, -0.1) is 6.58 Å². The van der Waals surface area contributed by atoms with Gasteiger partial charge in [-0.1, -0.05) is 25.3 Å². The largest absolute Gasteiger partial charge is 0.355 e. The van der Waals surface area contributed by atoms with Crippen LogP contribution in [-0.4, -0.2) is 61.1 Å². The third kappa shape index (κ3) is 4.65. The quantitative estimate of drug-likeness (QED) is 0.463. The molecule has 4 nitrogen and oxygen atoms in total. The zero-order valence-corrected chi connectivity index (χ0v) is 14.2. The Labute approximate surface area is 133 Å². The Morgan fingerprint density at radius 3 is 2.57 bits per heavy atom. The lowest BCUT2D eigenvalue weighted by Gasteiger charge is -2.48. The molecule has 0 bridgehead atoms. The van der Waals surface area contributed by atoms with Crippen LogP contribution in [0.25, 0.3) is 0 Å². The van der Waals surface area contributed by atoms with Crippen molar-refractivity contribution in [2.24, 2.45) is 4.99 Å². The minimum atomic E-state index is 0.338. The van der Waals surface area contributed by atoms with Gasteiger partial charge in [0.15, 0.2) is 5.96 Å². The van der Waals surface area contributed by atoms with Crippen LogP contribution in [0.3, 0.4) is 0 Å². The predicted octanol–water partition coefficient (Wildman–Crippen LogP) is 2.09. The van der Waals surface area contributed by atoms with Crippen molar-refractivity contribution in [2.75, 3.05) is 44.7 Å². The summed E-state index contributed by atoms with van der Waals surface area (Å²) in [4.78, 5) is 7.06. The number of nitrogens with zero attached hydrogens (tertiary/aromatic N) is 2. The van der Waals surface area contributed by atoms with Gasteiger partial charge in [-0.25, -0.2) is 0 Å². The van der Waals surface area contributed by atoms with Crippen molar-refractivity contribution in [3.8, 4) is 0 Å². The third-order valence-corrected chi connectivity index (χ3v) is 5.63. The smallest absolute Gasteiger partial charge is 0.191 e. The molecule has 1 saturated carbocycles. The van der Waals surface area contributed by atoms with E-state index in [1.807, 2.05) is 13.1 Å². The summed E-state index contributed by atoms with van der Waals surface area (Å²) in [5.74, 6) is 3.46. The molecule has 0 amide bonds. The van der Waals surface area contributed by atoms with Crippen LogP contribution in [0.5, 0.6) is 0 Å². The summed E-state index contributed by atoms with van der Waals surface area (Å²) < 4.78 is 0. The summed E-state index contributed by atoms with van der Waals surface area (Å²) in [5, 5.41) is 6.83. The van der Waals surface area contributed by atoms with Crippen LogP contribution in [0.1, 0.15) is 32.1 Å². The first kappa shape index (κ1) is 16.7. The second kappa shape index (κ2) is 8.69. The molecule has 0 atom stereocenters. The molecule has 0 aromatic heterocycles. The molecule has 1 aliphatic heterocycles. The second-order valence-corrected chi connectivity index (χ2v) is 7.20. The number of nitrogens with one attached hydrogen (secondary N) is 2. The minimum Gasteiger partial charge on any atom is -0.355 e. The average Bonchev–Trinajstić information content (AvgIpc) is 2.57. The number of aliphatic imine (C=N–C) groups is 1. The van der Waals surface area contributed by atoms with Gasteiger partial charge < -0.3 is 10.6 Å². The number of guanidine groups is 1. The second-order valence-electron chi connectivity index (χ2n) is 5.98. The summed E-state index contributed by atoms with van der Waals surface area (Å²) in [6.07, 6.45) is 8.64. The molecule has 21 heavy (non-hydrogen) atoms. The Hall–Kier alpha value is -0.680. The van der Waals surface area contributed by atoms with Crippen molar-refractivity contribution >= 4 is 17.7 Å². The van der Waals surface area contributed by atoms with Gasteiger partial charge in [-0.3, -0.25) is 9.89 Å². The van der Waals surface area contributed by atoms with E-state index < -0.39 is 0 Å². The molecule has 0 aromatic rings.